The van der Waals surface area contributed by atoms with E-state index in [9.17, 15) is 4.79 Å². The van der Waals surface area contributed by atoms with E-state index in [0.717, 1.165) is 12.8 Å². The summed E-state index contributed by atoms with van der Waals surface area (Å²) in [6, 6.07) is 0. The summed E-state index contributed by atoms with van der Waals surface area (Å²) in [6.45, 7) is 5.57. The molecule has 0 aromatic heterocycles. The van der Waals surface area contributed by atoms with Gasteiger partial charge in [-0.2, -0.15) is 0 Å². The van der Waals surface area contributed by atoms with Crippen molar-refractivity contribution in [1.82, 2.24) is 0 Å². The molecule has 0 aromatic rings. The van der Waals surface area contributed by atoms with Crippen molar-refractivity contribution in [1.29, 1.82) is 0 Å². The maximum atomic E-state index is 11.8. The predicted octanol–water partition coefficient (Wildman–Crippen LogP) is 1.28. The van der Waals surface area contributed by atoms with Gasteiger partial charge in [-0.05, 0) is 13.3 Å². The number of ether oxygens (including phenoxy) is 3. The molecule has 15 heavy (non-hydrogen) atoms. The smallest absolute Gasteiger partial charge is 0.341 e. The average Bonchev–Trinajstić information content (AvgIpc) is 2.88. The van der Waals surface area contributed by atoms with E-state index in [2.05, 4.69) is 0 Å². The average molecular weight is 214 g/mol. The lowest BCUT2D eigenvalue weighted by Gasteiger charge is -2.22. The van der Waals surface area contributed by atoms with Gasteiger partial charge in [-0.1, -0.05) is 6.92 Å². The fraction of sp³-hybridized carbons (Fsp3) is 0.909. The molecule has 1 spiro atoms. The third kappa shape index (κ3) is 1.47. The van der Waals surface area contributed by atoms with Crippen molar-refractivity contribution in [2.24, 2.45) is 0 Å². The SMILES string of the molecule is CCOC(=O)C1(CC)OC12CCOCC2. The van der Waals surface area contributed by atoms with Gasteiger partial charge < -0.3 is 14.2 Å². The number of epoxide rings is 1. The molecule has 0 bridgehead atoms. The lowest BCUT2D eigenvalue weighted by Crippen LogP contribution is -2.38. The second-order valence-electron chi connectivity index (χ2n) is 4.11. The second-order valence-corrected chi connectivity index (χ2v) is 4.11. The third-order valence-corrected chi connectivity index (χ3v) is 3.47. The highest BCUT2D eigenvalue weighted by molar-refractivity contribution is 5.85. The molecule has 0 aromatic carbocycles. The molecule has 4 nitrogen and oxygen atoms in total. The van der Waals surface area contributed by atoms with Crippen LogP contribution in [0.3, 0.4) is 0 Å². The van der Waals surface area contributed by atoms with Crippen molar-refractivity contribution in [3.05, 3.63) is 0 Å². The van der Waals surface area contributed by atoms with Crippen LogP contribution in [0.5, 0.6) is 0 Å². The van der Waals surface area contributed by atoms with E-state index >= 15 is 0 Å². The van der Waals surface area contributed by atoms with E-state index < -0.39 is 5.60 Å². The molecule has 86 valence electrons. The molecule has 0 aliphatic carbocycles. The second kappa shape index (κ2) is 3.76. The highest BCUT2D eigenvalue weighted by Crippen LogP contribution is 2.56. The van der Waals surface area contributed by atoms with Crippen molar-refractivity contribution in [2.75, 3.05) is 19.8 Å². The zero-order valence-electron chi connectivity index (χ0n) is 9.38. The zero-order valence-corrected chi connectivity index (χ0v) is 9.38. The van der Waals surface area contributed by atoms with Gasteiger partial charge in [0.05, 0.1) is 6.61 Å². The highest BCUT2D eigenvalue weighted by atomic mass is 16.7. The van der Waals surface area contributed by atoms with E-state index in [1.807, 2.05) is 13.8 Å². The minimum atomic E-state index is -0.674. The Morgan fingerprint density at radius 1 is 1.33 bits per heavy atom. The molecule has 0 amide bonds. The summed E-state index contributed by atoms with van der Waals surface area (Å²) in [6.07, 6.45) is 2.30. The van der Waals surface area contributed by atoms with E-state index in [1.165, 1.54) is 0 Å². The summed E-state index contributed by atoms with van der Waals surface area (Å²) in [4.78, 5) is 11.8. The van der Waals surface area contributed by atoms with Crippen molar-refractivity contribution < 1.29 is 19.0 Å². The normalized spacial score (nSPS) is 32.7. The van der Waals surface area contributed by atoms with Crippen LogP contribution in [-0.2, 0) is 19.0 Å². The minimum Gasteiger partial charge on any atom is -0.464 e. The lowest BCUT2D eigenvalue weighted by molar-refractivity contribution is -0.149. The number of hydrogen-bond acceptors (Lipinski definition) is 4. The molecule has 2 heterocycles. The quantitative estimate of drug-likeness (QED) is 0.524. The van der Waals surface area contributed by atoms with Crippen molar-refractivity contribution in [3.63, 3.8) is 0 Å². The van der Waals surface area contributed by atoms with Crippen LogP contribution in [0.2, 0.25) is 0 Å². The van der Waals surface area contributed by atoms with Gasteiger partial charge >= 0.3 is 5.97 Å². The molecule has 2 aliphatic rings. The predicted molar refractivity (Wildman–Crippen MR) is 53.5 cm³/mol. The summed E-state index contributed by atoms with van der Waals surface area (Å²) in [5.41, 5.74) is -0.959. The van der Waals surface area contributed by atoms with E-state index in [4.69, 9.17) is 14.2 Å². The number of rotatable bonds is 3. The number of carbonyl (C=O) groups is 1. The fourth-order valence-electron chi connectivity index (χ4n) is 2.53. The Morgan fingerprint density at radius 2 is 2.00 bits per heavy atom. The first-order valence-corrected chi connectivity index (χ1v) is 5.66. The first-order valence-electron chi connectivity index (χ1n) is 5.66. The van der Waals surface area contributed by atoms with Gasteiger partial charge in [-0.15, -0.1) is 0 Å². The molecule has 2 aliphatic heterocycles. The Morgan fingerprint density at radius 3 is 2.53 bits per heavy atom. The molecule has 1 atom stereocenters. The van der Waals surface area contributed by atoms with Crippen LogP contribution < -0.4 is 0 Å². The largest absolute Gasteiger partial charge is 0.464 e. The fourth-order valence-corrected chi connectivity index (χ4v) is 2.53. The summed E-state index contributed by atoms with van der Waals surface area (Å²) in [5, 5.41) is 0. The summed E-state index contributed by atoms with van der Waals surface area (Å²) < 4.78 is 16.1. The Kier molecular flexibility index (Phi) is 2.73. The molecule has 0 saturated carbocycles. The van der Waals surface area contributed by atoms with Crippen LogP contribution >= 0.6 is 0 Å². The minimum absolute atomic E-state index is 0.200. The molecular formula is C11H18O4. The number of carbonyl (C=O) groups excluding carboxylic acids is 1. The number of hydrogen-bond donors (Lipinski definition) is 0. The first kappa shape index (κ1) is 10.9. The van der Waals surface area contributed by atoms with E-state index in [-0.39, 0.29) is 11.6 Å². The van der Waals surface area contributed by atoms with E-state index in [0.29, 0.717) is 26.2 Å². The summed E-state index contributed by atoms with van der Waals surface area (Å²) in [5.74, 6) is -0.200. The van der Waals surface area contributed by atoms with Gasteiger partial charge in [0.2, 0.25) is 0 Å². The van der Waals surface area contributed by atoms with Gasteiger partial charge in [-0.3, -0.25) is 0 Å². The Hall–Kier alpha value is -0.610. The molecule has 2 fully saturated rings. The maximum Gasteiger partial charge on any atom is 0.341 e. The Labute approximate surface area is 89.9 Å². The molecule has 2 saturated heterocycles. The standard InChI is InChI=1S/C11H18O4/c1-3-11(9(12)14-4-2)10(15-11)5-7-13-8-6-10/h3-8H2,1-2H3. The Balaban J connectivity index is 2.09. The molecule has 1 unspecified atom stereocenters. The van der Waals surface area contributed by atoms with Gasteiger partial charge in [0, 0.05) is 26.1 Å². The molecule has 4 heteroatoms. The monoisotopic (exact) mass is 214 g/mol. The van der Waals surface area contributed by atoms with Crippen LogP contribution in [0.4, 0.5) is 0 Å². The third-order valence-electron chi connectivity index (χ3n) is 3.47. The summed E-state index contributed by atoms with van der Waals surface area (Å²) >= 11 is 0. The zero-order chi connectivity index (χ0) is 10.9. The first-order chi connectivity index (χ1) is 7.21. The van der Waals surface area contributed by atoms with Crippen LogP contribution in [0.25, 0.3) is 0 Å². The molecule has 0 N–H and O–H groups in total. The Bertz CT molecular complexity index is 257. The van der Waals surface area contributed by atoms with Crippen molar-refractivity contribution in [2.45, 2.75) is 44.3 Å². The molecule has 2 rings (SSSR count). The van der Waals surface area contributed by atoms with Crippen LogP contribution in [0.15, 0.2) is 0 Å². The maximum absolute atomic E-state index is 11.8. The number of esters is 1. The van der Waals surface area contributed by atoms with Crippen molar-refractivity contribution in [3.8, 4) is 0 Å². The van der Waals surface area contributed by atoms with Gasteiger partial charge in [0.15, 0.2) is 5.60 Å². The van der Waals surface area contributed by atoms with Crippen LogP contribution in [0, 0.1) is 0 Å². The lowest BCUT2D eigenvalue weighted by atomic mass is 9.84. The molecular weight excluding hydrogens is 196 g/mol. The topological polar surface area (TPSA) is 48.1 Å². The van der Waals surface area contributed by atoms with Gasteiger partial charge in [0.25, 0.3) is 0 Å². The van der Waals surface area contributed by atoms with Crippen LogP contribution in [0.1, 0.15) is 33.1 Å². The summed E-state index contributed by atoms with van der Waals surface area (Å²) in [7, 11) is 0. The van der Waals surface area contributed by atoms with Gasteiger partial charge in [-0.25, -0.2) is 4.79 Å². The van der Waals surface area contributed by atoms with Crippen molar-refractivity contribution >= 4 is 5.97 Å². The molecule has 0 radical (unpaired) electrons. The highest BCUT2D eigenvalue weighted by Gasteiger charge is 2.74. The van der Waals surface area contributed by atoms with E-state index in [1.54, 1.807) is 0 Å². The van der Waals surface area contributed by atoms with Gasteiger partial charge in [0.1, 0.15) is 5.60 Å². The van der Waals surface area contributed by atoms with Crippen LogP contribution in [-0.4, -0.2) is 37.0 Å².